The lowest BCUT2D eigenvalue weighted by molar-refractivity contribution is 0.0728. The van der Waals surface area contributed by atoms with E-state index in [1.807, 2.05) is 29.2 Å². The molecule has 0 aliphatic carbocycles. The number of aromatic nitrogens is 2. The summed E-state index contributed by atoms with van der Waals surface area (Å²) in [5.41, 5.74) is 4.46. The Balaban J connectivity index is 1.57. The smallest absolute Gasteiger partial charge is 0.272 e. The zero-order chi connectivity index (χ0) is 18.8. The molecule has 1 aliphatic heterocycles. The number of benzene rings is 2. The van der Waals surface area contributed by atoms with E-state index in [0.717, 1.165) is 12.0 Å². The van der Waals surface area contributed by atoms with Crippen LogP contribution in [0.25, 0.3) is 11.3 Å². The molecule has 2 aromatic carbocycles. The number of hydrogen-bond donors (Lipinski definition) is 1. The third-order valence-corrected chi connectivity index (χ3v) is 4.91. The average Bonchev–Trinajstić information content (AvgIpc) is 3.22. The van der Waals surface area contributed by atoms with Crippen molar-refractivity contribution in [2.45, 2.75) is 13.0 Å². The van der Waals surface area contributed by atoms with E-state index in [4.69, 9.17) is 9.47 Å². The molecule has 0 radical (unpaired) electrons. The van der Waals surface area contributed by atoms with Gasteiger partial charge in [0, 0.05) is 24.7 Å². The number of methoxy groups -OCH3 is 2. The van der Waals surface area contributed by atoms with Gasteiger partial charge in [0.25, 0.3) is 5.91 Å². The van der Waals surface area contributed by atoms with Crippen LogP contribution in [-0.2, 0) is 13.0 Å². The van der Waals surface area contributed by atoms with Crippen molar-refractivity contribution in [2.75, 3.05) is 20.8 Å². The van der Waals surface area contributed by atoms with Crippen LogP contribution in [0.4, 0.5) is 0 Å². The fourth-order valence-electron chi connectivity index (χ4n) is 3.42. The van der Waals surface area contributed by atoms with Crippen LogP contribution >= 0.6 is 0 Å². The van der Waals surface area contributed by atoms with E-state index in [2.05, 4.69) is 22.3 Å². The lowest BCUT2D eigenvalue weighted by Gasteiger charge is -2.28. The van der Waals surface area contributed by atoms with E-state index in [1.165, 1.54) is 11.1 Å². The van der Waals surface area contributed by atoms with Gasteiger partial charge in [-0.1, -0.05) is 24.3 Å². The molecule has 6 nitrogen and oxygen atoms in total. The summed E-state index contributed by atoms with van der Waals surface area (Å²) in [4.78, 5) is 14.8. The van der Waals surface area contributed by atoms with E-state index >= 15 is 0 Å². The predicted octanol–water partition coefficient (Wildman–Crippen LogP) is 3.29. The van der Waals surface area contributed by atoms with Gasteiger partial charge in [-0.2, -0.15) is 5.10 Å². The summed E-state index contributed by atoms with van der Waals surface area (Å²) >= 11 is 0. The Hall–Kier alpha value is -3.28. The van der Waals surface area contributed by atoms with Gasteiger partial charge in [-0.05, 0) is 35.7 Å². The van der Waals surface area contributed by atoms with Crippen LogP contribution in [0.15, 0.2) is 48.5 Å². The quantitative estimate of drug-likeness (QED) is 0.772. The molecule has 0 bridgehead atoms. The molecule has 4 rings (SSSR count). The van der Waals surface area contributed by atoms with Gasteiger partial charge in [0.05, 0.1) is 19.9 Å². The summed E-state index contributed by atoms with van der Waals surface area (Å²) in [5.74, 6) is 1.30. The molecule has 1 N–H and O–H groups in total. The van der Waals surface area contributed by atoms with Crippen LogP contribution in [0, 0.1) is 0 Å². The zero-order valence-corrected chi connectivity index (χ0v) is 15.4. The van der Waals surface area contributed by atoms with Crippen molar-refractivity contribution in [3.63, 3.8) is 0 Å². The van der Waals surface area contributed by atoms with Crippen molar-refractivity contribution >= 4 is 5.91 Å². The minimum absolute atomic E-state index is 0.0456. The number of ether oxygens (including phenoxy) is 2. The second-order valence-electron chi connectivity index (χ2n) is 6.48. The molecule has 0 fully saturated rings. The summed E-state index contributed by atoms with van der Waals surface area (Å²) in [5, 5.41) is 7.19. The van der Waals surface area contributed by atoms with Crippen molar-refractivity contribution in [1.29, 1.82) is 0 Å². The number of H-pyrrole nitrogens is 1. The molecule has 0 atom stereocenters. The van der Waals surface area contributed by atoms with Crippen molar-refractivity contribution in [2.24, 2.45) is 0 Å². The third kappa shape index (κ3) is 3.26. The Bertz CT molecular complexity index is 980. The molecular weight excluding hydrogens is 342 g/mol. The van der Waals surface area contributed by atoms with Gasteiger partial charge in [0.15, 0.2) is 0 Å². The molecule has 0 unspecified atom stereocenters. The van der Waals surface area contributed by atoms with Crippen molar-refractivity contribution in [1.82, 2.24) is 15.1 Å². The predicted molar refractivity (Wildman–Crippen MR) is 102 cm³/mol. The fourth-order valence-corrected chi connectivity index (χ4v) is 3.42. The van der Waals surface area contributed by atoms with Crippen LogP contribution in [-0.4, -0.2) is 41.8 Å². The lowest BCUT2D eigenvalue weighted by atomic mass is 10.00. The molecule has 1 amide bonds. The van der Waals surface area contributed by atoms with Crippen molar-refractivity contribution < 1.29 is 14.3 Å². The number of carbonyl (C=O) groups excluding carboxylic acids is 1. The number of nitrogens with one attached hydrogen (secondary N) is 1. The first-order chi connectivity index (χ1) is 13.2. The molecule has 1 aromatic heterocycles. The van der Waals surface area contributed by atoms with Crippen LogP contribution in [0.2, 0.25) is 0 Å². The zero-order valence-electron chi connectivity index (χ0n) is 15.4. The summed E-state index contributed by atoms with van der Waals surface area (Å²) < 4.78 is 10.7. The van der Waals surface area contributed by atoms with Gasteiger partial charge in [-0.25, -0.2) is 0 Å². The summed E-state index contributed by atoms with van der Waals surface area (Å²) in [6, 6.07) is 15.5. The van der Waals surface area contributed by atoms with E-state index in [9.17, 15) is 4.79 Å². The molecule has 6 heteroatoms. The molecule has 0 saturated heterocycles. The van der Waals surface area contributed by atoms with Gasteiger partial charge in [-0.3, -0.25) is 9.89 Å². The monoisotopic (exact) mass is 363 g/mol. The van der Waals surface area contributed by atoms with Crippen LogP contribution < -0.4 is 9.47 Å². The fraction of sp³-hybridized carbons (Fsp3) is 0.238. The Morgan fingerprint density at radius 2 is 1.89 bits per heavy atom. The maximum absolute atomic E-state index is 12.9. The number of carbonyl (C=O) groups is 1. The molecule has 0 spiro atoms. The third-order valence-electron chi connectivity index (χ3n) is 4.91. The maximum atomic E-state index is 12.9. The minimum Gasteiger partial charge on any atom is -0.497 e. The van der Waals surface area contributed by atoms with Gasteiger partial charge >= 0.3 is 0 Å². The second kappa shape index (κ2) is 7.15. The highest BCUT2D eigenvalue weighted by atomic mass is 16.5. The summed E-state index contributed by atoms with van der Waals surface area (Å²) in [7, 11) is 3.21. The largest absolute Gasteiger partial charge is 0.497 e. The maximum Gasteiger partial charge on any atom is 0.272 e. The van der Waals surface area contributed by atoms with Crippen molar-refractivity contribution in [3.05, 3.63) is 65.4 Å². The van der Waals surface area contributed by atoms with Crippen LogP contribution in [0.5, 0.6) is 11.5 Å². The number of fused-ring (bicyclic) bond motifs is 1. The van der Waals surface area contributed by atoms with E-state index < -0.39 is 0 Å². The first kappa shape index (κ1) is 17.1. The van der Waals surface area contributed by atoms with Gasteiger partial charge in [0.2, 0.25) is 0 Å². The number of amides is 1. The average molecular weight is 363 g/mol. The molecule has 2 heterocycles. The molecule has 3 aromatic rings. The first-order valence-electron chi connectivity index (χ1n) is 8.83. The Labute approximate surface area is 157 Å². The second-order valence-corrected chi connectivity index (χ2v) is 6.48. The Kier molecular flexibility index (Phi) is 4.54. The molecule has 0 saturated carbocycles. The highest BCUT2D eigenvalue weighted by molar-refractivity contribution is 5.93. The summed E-state index contributed by atoms with van der Waals surface area (Å²) in [6.45, 7) is 1.32. The number of nitrogens with zero attached hydrogens (tertiary/aromatic N) is 2. The van der Waals surface area contributed by atoms with Crippen LogP contribution in [0.3, 0.4) is 0 Å². The number of aromatic amines is 1. The normalized spacial score (nSPS) is 13.2. The van der Waals surface area contributed by atoms with Gasteiger partial charge in [0.1, 0.15) is 17.2 Å². The first-order valence-corrected chi connectivity index (χ1v) is 8.83. The standard InChI is InChI=1S/C21H21N3O3/c1-26-16-7-8-17(20(11-16)27-2)18-12-19(23-22-18)21(25)24-10-9-14-5-3-4-6-15(14)13-24/h3-8,11-12H,9-10,13H2,1-2H3,(H,22,23). The van der Waals surface area contributed by atoms with Crippen molar-refractivity contribution in [3.8, 4) is 22.8 Å². The molecule has 1 aliphatic rings. The van der Waals surface area contributed by atoms with E-state index in [1.54, 1.807) is 26.4 Å². The van der Waals surface area contributed by atoms with Gasteiger partial charge < -0.3 is 14.4 Å². The minimum atomic E-state index is -0.0456. The molecular formula is C21H21N3O3. The SMILES string of the molecule is COc1ccc(-c2cc(C(=O)N3CCc4ccccc4C3)[nH]n2)c(OC)c1. The van der Waals surface area contributed by atoms with E-state index in [0.29, 0.717) is 36.0 Å². The topological polar surface area (TPSA) is 67.5 Å². The van der Waals surface area contributed by atoms with Gasteiger partial charge in [-0.15, -0.1) is 0 Å². The van der Waals surface area contributed by atoms with E-state index in [-0.39, 0.29) is 5.91 Å². The summed E-state index contributed by atoms with van der Waals surface area (Å²) in [6.07, 6.45) is 0.870. The number of rotatable bonds is 4. The molecule has 27 heavy (non-hydrogen) atoms. The Morgan fingerprint density at radius 3 is 2.67 bits per heavy atom. The number of hydrogen-bond acceptors (Lipinski definition) is 4. The Morgan fingerprint density at radius 1 is 1.07 bits per heavy atom. The van der Waals surface area contributed by atoms with Crippen LogP contribution in [0.1, 0.15) is 21.6 Å². The molecule has 138 valence electrons. The highest BCUT2D eigenvalue weighted by Crippen LogP contribution is 2.32. The lowest BCUT2D eigenvalue weighted by Crippen LogP contribution is -2.36. The highest BCUT2D eigenvalue weighted by Gasteiger charge is 2.23.